The number of hydrogen-bond acceptors (Lipinski definition) is 6. The molecule has 0 aliphatic carbocycles. The Labute approximate surface area is 196 Å². The number of rotatable bonds is 6. The molecule has 0 bridgehead atoms. The van der Waals surface area contributed by atoms with Gasteiger partial charge in [0.15, 0.2) is 10.9 Å². The van der Waals surface area contributed by atoms with Gasteiger partial charge >= 0.3 is 6.03 Å². The van der Waals surface area contributed by atoms with Crippen molar-refractivity contribution in [2.24, 2.45) is 0 Å². The zero-order valence-corrected chi connectivity index (χ0v) is 19.1. The third-order valence-corrected chi connectivity index (χ3v) is 6.21. The Bertz CT molecular complexity index is 1120. The third kappa shape index (κ3) is 5.95. The molecule has 0 spiro atoms. The lowest BCUT2D eigenvalue weighted by molar-refractivity contribution is -0.130. The second kappa shape index (κ2) is 10.3. The maximum absolute atomic E-state index is 12.7. The maximum Gasteiger partial charge on any atom is 0.325 e. The van der Waals surface area contributed by atoms with E-state index in [1.54, 1.807) is 24.4 Å². The van der Waals surface area contributed by atoms with Crippen LogP contribution in [0.4, 0.5) is 21.3 Å². The van der Waals surface area contributed by atoms with Crippen LogP contribution in [0.2, 0.25) is 0 Å². The van der Waals surface area contributed by atoms with Crippen LogP contribution in [0.25, 0.3) is 0 Å². The predicted molar refractivity (Wildman–Crippen MR) is 130 cm³/mol. The van der Waals surface area contributed by atoms with E-state index in [0.29, 0.717) is 35.2 Å². The molecule has 9 heteroatoms. The maximum atomic E-state index is 12.7. The Hall–Kier alpha value is -3.72. The summed E-state index contributed by atoms with van der Waals surface area (Å²) in [5.74, 6) is 0.0707. The minimum atomic E-state index is -0.374. The van der Waals surface area contributed by atoms with Crippen molar-refractivity contribution in [3.05, 3.63) is 71.2 Å². The van der Waals surface area contributed by atoms with Gasteiger partial charge in [-0.2, -0.15) is 0 Å². The van der Waals surface area contributed by atoms with E-state index >= 15 is 0 Å². The number of nitrogens with zero attached hydrogens (tertiary/aromatic N) is 3. The van der Waals surface area contributed by atoms with E-state index in [4.69, 9.17) is 0 Å². The van der Waals surface area contributed by atoms with E-state index in [1.807, 2.05) is 47.4 Å². The fraction of sp³-hybridized carbons (Fsp3) is 0.250. The molecule has 1 aliphatic heterocycles. The molecule has 3 amide bonds. The molecule has 2 aromatic carbocycles. The Morgan fingerprint density at radius 1 is 0.939 bits per heavy atom. The highest BCUT2D eigenvalue weighted by atomic mass is 32.1. The van der Waals surface area contributed by atoms with Crippen molar-refractivity contribution in [3.63, 3.8) is 0 Å². The number of thiazole rings is 1. The summed E-state index contributed by atoms with van der Waals surface area (Å²) in [6.07, 6.45) is 0.200. The lowest BCUT2D eigenvalue weighted by Gasteiger charge is -2.36. The van der Waals surface area contributed by atoms with Crippen LogP contribution in [0, 0.1) is 0 Å². The Morgan fingerprint density at radius 3 is 2.30 bits per heavy atom. The summed E-state index contributed by atoms with van der Waals surface area (Å²) < 4.78 is 0. The van der Waals surface area contributed by atoms with Crippen LogP contribution < -0.4 is 15.5 Å². The van der Waals surface area contributed by atoms with E-state index in [0.717, 1.165) is 18.8 Å². The number of benzene rings is 2. The average molecular weight is 464 g/mol. The van der Waals surface area contributed by atoms with E-state index in [2.05, 4.69) is 20.5 Å². The molecule has 3 aromatic rings. The molecule has 0 radical (unpaired) electrons. The number of nitrogens with one attached hydrogen (secondary N) is 2. The monoisotopic (exact) mass is 463 g/mol. The number of hydrogen-bond donors (Lipinski definition) is 2. The zero-order chi connectivity index (χ0) is 23.2. The highest BCUT2D eigenvalue weighted by molar-refractivity contribution is 7.14. The number of carbonyl (C=O) groups is 3. The van der Waals surface area contributed by atoms with Crippen molar-refractivity contribution >= 4 is 45.6 Å². The summed E-state index contributed by atoms with van der Waals surface area (Å²) in [6, 6.07) is 16.4. The number of ketones is 1. The Morgan fingerprint density at radius 2 is 1.64 bits per heavy atom. The molecule has 8 nitrogen and oxygen atoms in total. The minimum Gasteiger partial charge on any atom is -0.368 e. The molecule has 33 heavy (non-hydrogen) atoms. The molecule has 1 fully saturated rings. The van der Waals surface area contributed by atoms with Crippen LogP contribution >= 0.6 is 11.3 Å². The van der Waals surface area contributed by atoms with Gasteiger partial charge in [-0.05, 0) is 43.3 Å². The number of urea groups is 1. The van der Waals surface area contributed by atoms with Crippen molar-refractivity contribution in [1.82, 2.24) is 9.88 Å². The fourth-order valence-corrected chi connectivity index (χ4v) is 4.32. The summed E-state index contributed by atoms with van der Waals surface area (Å²) in [6.45, 7) is 4.27. The first-order chi connectivity index (χ1) is 16.0. The van der Waals surface area contributed by atoms with Crippen molar-refractivity contribution in [3.8, 4) is 0 Å². The predicted octanol–water partition coefficient (Wildman–Crippen LogP) is 3.88. The second-order valence-corrected chi connectivity index (χ2v) is 8.59. The molecule has 2 heterocycles. The number of carbonyl (C=O) groups excluding carboxylic acids is 3. The van der Waals surface area contributed by atoms with Gasteiger partial charge in [0, 0.05) is 48.5 Å². The van der Waals surface area contributed by atoms with Crippen LogP contribution in [0.3, 0.4) is 0 Å². The van der Waals surface area contributed by atoms with Crippen molar-refractivity contribution in [2.75, 3.05) is 41.7 Å². The van der Waals surface area contributed by atoms with Gasteiger partial charge in [-0.3, -0.25) is 14.9 Å². The van der Waals surface area contributed by atoms with Gasteiger partial charge in [0.25, 0.3) is 0 Å². The Kier molecular flexibility index (Phi) is 6.99. The SMILES string of the molecule is CC(=O)c1ccc(N2CCN(C(=O)Cc3csc(NC(=O)Nc4ccccc4)n3)CC2)cc1. The molecule has 0 saturated carbocycles. The largest absolute Gasteiger partial charge is 0.368 e. The molecule has 1 aromatic heterocycles. The van der Waals surface area contributed by atoms with Crippen LogP contribution in [0.1, 0.15) is 23.0 Å². The highest BCUT2D eigenvalue weighted by Gasteiger charge is 2.22. The summed E-state index contributed by atoms with van der Waals surface area (Å²) in [4.78, 5) is 44.7. The summed E-state index contributed by atoms with van der Waals surface area (Å²) in [5, 5.41) is 7.69. The zero-order valence-electron chi connectivity index (χ0n) is 18.3. The first kappa shape index (κ1) is 22.5. The van der Waals surface area contributed by atoms with E-state index < -0.39 is 0 Å². The summed E-state index contributed by atoms with van der Waals surface area (Å²) >= 11 is 1.29. The van der Waals surface area contributed by atoms with Gasteiger partial charge in [-0.15, -0.1) is 11.3 Å². The first-order valence-electron chi connectivity index (χ1n) is 10.7. The molecule has 1 saturated heterocycles. The quantitative estimate of drug-likeness (QED) is 0.541. The lowest BCUT2D eigenvalue weighted by atomic mass is 10.1. The van der Waals surface area contributed by atoms with Gasteiger partial charge in [-0.1, -0.05) is 18.2 Å². The van der Waals surface area contributed by atoms with Crippen molar-refractivity contribution in [1.29, 1.82) is 0 Å². The topological polar surface area (TPSA) is 94.6 Å². The number of piperazine rings is 1. The molecular weight excluding hydrogens is 438 g/mol. The van der Waals surface area contributed by atoms with E-state index in [-0.39, 0.29) is 24.1 Å². The Balaban J connectivity index is 1.25. The summed E-state index contributed by atoms with van der Waals surface area (Å²) in [7, 11) is 0. The van der Waals surface area contributed by atoms with E-state index in [1.165, 1.54) is 11.3 Å². The van der Waals surface area contributed by atoms with Gasteiger partial charge in [0.05, 0.1) is 12.1 Å². The number of para-hydroxylation sites is 1. The molecule has 0 atom stereocenters. The second-order valence-electron chi connectivity index (χ2n) is 7.74. The number of amides is 3. The fourth-order valence-electron chi connectivity index (χ4n) is 3.61. The normalized spacial score (nSPS) is 13.5. The van der Waals surface area contributed by atoms with Crippen LogP contribution in [-0.2, 0) is 11.2 Å². The van der Waals surface area contributed by atoms with Crippen LogP contribution in [-0.4, -0.2) is 53.8 Å². The summed E-state index contributed by atoms with van der Waals surface area (Å²) in [5.41, 5.74) is 3.08. The average Bonchev–Trinajstić information content (AvgIpc) is 3.26. The minimum absolute atomic E-state index is 0.0205. The molecule has 170 valence electrons. The molecule has 0 unspecified atom stereocenters. The van der Waals surface area contributed by atoms with Gasteiger partial charge in [0.2, 0.25) is 5.91 Å². The highest BCUT2D eigenvalue weighted by Crippen LogP contribution is 2.20. The number of Topliss-reactive ketones (excluding diaryl/α,β-unsaturated/α-hetero) is 1. The van der Waals surface area contributed by atoms with Gasteiger partial charge in [-0.25, -0.2) is 9.78 Å². The molecule has 1 aliphatic rings. The number of anilines is 3. The van der Waals surface area contributed by atoms with Gasteiger partial charge in [0.1, 0.15) is 0 Å². The molecular formula is C24H25N5O3S. The molecule has 2 N–H and O–H groups in total. The van der Waals surface area contributed by atoms with Crippen molar-refractivity contribution < 1.29 is 14.4 Å². The standard InChI is InChI=1S/C24H25N5O3S/c1-17(30)18-7-9-21(10-8-18)28-11-13-29(14-12-28)22(31)15-20-16-33-24(26-20)27-23(32)25-19-5-3-2-4-6-19/h2-10,16H,11-15H2,1H3,(H2,25,26,27,32). The first-order valence-corrected chi connectivity index (χ1v) is 11.6. The van der Waals surface area contributed by atoms with Crippen molar-refractivity contribution in [2.45, 2.75) is 13.3 Å². The van der Waals surface area contributed by atoms with E-state index in [9.17, 15) is 14.4 Å². The van der Waals surface area contributed by atoms with Crippen LogP contribution in [0.15, 0.2) is 60.0 Å². The third-order valence-electron chi connectivity index (χ3n) is 5.41. The van der Waals surface area contributed by atoms with Gasteiger partial charge < -0.3 is 15.1 Å². The molecule has 4 rings (SSSR count). The smallest absolute Gasteiger partial charge is 0.325 e. The lowest BCUT2D eigenvalue weighted by Crippen LogP contribution is -2.49. The number of aromatic nitrogens is 1. The van der Waals surface area contributed by atoms with Crippen LogP contribution in [0.5, 0.6) is 0 Å².